The van der Waals surface area contributed by atoms with Gasteiger partial charge in [0.1, 0.15) is 5.01 Å². The van der Waals surface area contributed by atoms with E-state index in [-0.39, 0.29) is 11.1 Å². The summed E-state index contributed by atoms with van der Waals surface area (Å²) >= 11 is 1.78. The monoisotopic (exact) mass is 267 g/mol. The van der Waals surface area contributed by atoms with Crippen molar-refractivity contribution < 1.29 is 0 Å². The van der Waals surface area contributed by atoms with Gasteiger partial charge in [-0.15, -0.1) is 11.3 Å². The lowest BCUT2D eigenvalue weighted by Crippen LogP contribution is -2.66. The molecule has 2 rings (SSSR count). The molecule has 2 heterocycles. The van der Waals surface area contributed by atoms with Crippen LogP contribution in [-0.4, -0.2) is 34.1 Å². The van der Waals surface area contributed by atoms with Crippen molar-refractivity contribution in [2.24, 2.45) is 0 Å². The molecule has 1 N–H and O–H groups in total. The van der Waals surface area contributed by atoms with E-state index >= 15 is 0 Å². The zero-order valence-electron chi connectivity index (χ0n) is 12.2. The van der Waals surface area contributed by atoms with Gasteiger partial charge in [-0.25, -0.2) is 4.98 Å². The minimum absolute atomic E-state index is 0.195. The molecule has 1 atom stereocenters. The van der Waals surface area contributed by atoms with Crippen LogP contribution < -0.4 is 5.32 Å². The lowest BCUT2D eigenvalue weighted by atomic mass is 9.88. The Bertz CT molecular complexity index is 413. The third-order valence-corrected chi connectivity index (χ3v) is 5.00. The second-order valence-corrected chi connectivity index (χ2v) is 7.27. The predicted octanol–water partition coefficient (Wildman–Crippen LogP) is 2.80. The molecule has 1 aromatic heterocycles. The summed E-state index contributed by atoms with van der Waals surface area (Å²) in [4.78, 5) is 7.21. The molecule has 0 saturated carbocycles. The fourth-order valence-corrected chi connectivity index (χ4v) is 3.29. The van der Waals surface area contributed by atoms with Crippen molar-refractivity contribution in [2.75, 3.05) is 13.1 Å². The third-order valence-electron chi connectivity index (χ3n) is 4.05. The Hall–Kier alpha value is -0.450. The van der Waals surface area contributed by atoms with E-state index in [1.54, 1.807) is 11.3 Å². The van der Waals surface area contributed by atoms with E-state index in [4.69, 9.17) is 0 Å². The molecule has 3 nitrogen and oxygen atoms in total. The smallest absolute Gasteiger partial charge is 0.107 e. The van der Waals surface area contributed by atoms with Gasteiger partial charge in [0.2, 0.25) is 0 Å². The quantitative estimate of drug-likeness (QED) is 0.913. The molecule has 1 saturated heterocycles. The number of nitrogens with one attached hydrogen (secondary N) is 1. The van der Waals surface area contributed by atoms with Gasteiger partial charge in [0.15, 0.2) is 0 Å². The number of hydrogen-bond acceptors (Lipinski definition) is 4. The Morgan fingerprint density at radius 2 is 2.17 bits per heavy atom. The van der Waals surface area contributed by atoms with Gasteiger partial charge in [-0.3, -0.25) is 4.90 Å². The van der Waals surface area contributed by atoms with Crippen LogP contribution in [0.3, 0.4) is 0 Å². The normalized spacial score (nSPS) is 28.5. The average molecular weight is 267 g/mol. The van der Waals surface area contributed by atoms with Crippen LogP contribution in [0.15, 0.2) is 5.38 Å². The van der Waals surface area contributed by atoms with Crippen molar-refractivity contribution in [1.82, 2.24) is 15.2 Å². The fraction of sp³-hybridized carbons (Fsp3) is 0.786. The van der Waals surface area contributed by atoms with Crippen molar-refractivity contribution in [3.05, 3.63) is 16.1 Å². The predicted molar refractivity (Wildman–Crippen MR) is 78.0 cm³/mol. The molecule has 1 unspecified atom stereocenters. The molecule has 4 heteroatoms. The summed E-state index contributed by atoms with van der Waals surface area (Å²) in [6.45, 7) is 14.4. The molecule has 1 fully saturated rings. The summed E-state index contributed by atoms with van der Waals surface area (Å²) < 4.78 is 0. The van der Waals surface area contributed by atoms with E-state index < -0.39 is 0 Å². The number of nitrogens with zero attached hydrogens (tertiary/aromatic N) is 2. The van der Waals surface area contributed by atoms with E-state index in [0.717, 1.165) is 25.3 Å². The standard InChI is InChI=1S/C14H25N3S/c1-6-14(5)9-15-13(3,4)10-17(14)7-12-16-11(2)8-18-12/h8,15H,6-7,9-10H2,1-5H3. The Balaban J connectivity index is 2.15. The Kier molecular flexibility index (Phi) is 3.81. The van der Waals surface area contributed by atoms with Gasteiger partial charge in [0.05, 0.1) is 6.54 Å². The largest absolute Gasteiger partial charge is 0.309 e. The Morgan fingerprint density at radius 3 is 2.72 bits per heavy atom. The van der Waals surface area contributed by atoms with Gasteiger partial charge in [-0.2, -0.15) is 0 Å². The van der Waals surface area contributed by atoms with Crippen LogP contribution in [0.25, 0.3) is 0 Å². The number of thiazole rings is 1. The van der Waals surface area contributed by atoms with Crippen molar-refractivity contribution in [1.29, 1.82) is 0 Å². The molecule has 0 aromatic carbocycles. The van der Waals surface area contributed by atoms with E-state index in [1.165, 1.54) is 11.4 Å². The van der Waals surface area contributed by atoms with Crippen LogP contribution in [0.4, 0.5) is 0 Å². The first-order valence-corrected chi connectivity index (χ1v) is 7.64. The summed E-state index contributed by atoms with van der Waals surface area (Å²) in [5.41, 5.74) is 1.58. The minimum Gasteiger partial charge on any atom is -0.309 e. The molecule has 102 valence electrons. The van der Waals surface area contributed by atoms with E-state index in [1.807, 2.05) is 0 Å². The fourth-order valence-electron chi connectivity index (χ4n) is 2.50. The van der Waals surface area contributed by atoms with Gasteiger partial charge in [0.25, 0.3) is 0 Å². The highest BCUT2D eigenvalue weighted by Gasteiger charge is 2.39. The van der Waals surface area contributed by atoms with Crippen LogP contribution in [0.2, 0.25) is 0 Å². The lowest BCUT2D eigenvalue weighted by molar-refractivity contribution is 0.0174. The highest BCUT2D eigenvalue weighted by Crippen LogP contribution is 2.28. The van der Waals surface area contributed by atoms with Crippen molar-refractivity contribution in [2.45, 2.75) is 58.7 Å². The third kappa shape index (κ3) is 2.92. The summed E-state index contributed by atoms with van der Waals surface area (Å²) in [5.74, 6) is 0. The molecule has 0 radical (unpaired) electrons. The Labute approximate surface area is 115 Å². The molecule has 1 aromatic rings. The maximum Gasteiger partial charge on any atom is 0.107 e. The zero-order valence-corrected chi connectivity index (χ0v) is 13.0. The SMILES string of the molecule is CCC1(C)CNC(C)(C)CN1Cc1nc(C)cs1. The number of hydrogen-bond donors (Lipinski definition) is 1. The van der Waals surface area contributed by atoms with E-state index in [9.17, 15) is 0 Å². The van der Waals surface area contributed by atoms with Crippen molar-refractivity contribution in [3.8, 4) is 0 Å². The summed E-state index contributed by atoms with van der Waals surface area (Å²) in [7, 11) is 0. The molecule has 1 aliphatic heterocycles. The first-order valence-electron chi connectivity index (χ1n) is 6.76. The molecular weight excluding hydrogens is 242 g/mol. The molecule has 0 spiro atoms. The zero-order chi connectivity index (χ0) is 13.4. The molecule has 0 amide bonds. The van der Waals surface area contributed by atoms with Crippen LogP contribution >= 0.6 is 11.3 Å². The van der Waals surface area contributed by atoms with Crippen molar-refractivity contribution in [3.63, 3.8) is 0 Å². The summed E-state index contributed by atoms with van der Waals surface area (Å²) in [6.07, 6.45) is 1.17. The second kappa shape index (κ2) is 4.91. The molecule has 18 heavy (non-hydrogen) atoms. The highest BCUT2D eigenvalue weighted by molar-refractivity contribution is 7.09. The number of aromatic nitrogens is 1. The highest BCUT2D eigenvalue weighted by atomic mass is 32.1. The number of piperazine rings is 1. The summed E-state index contributed by atoms with van der Waals surface area (Å²) in [5, 5.41) is 7.05. The van der Waals surface area contributed by atoms with Crippen LogP contribution in [-0.2, 0) is 6.54 Å². The molecule has 0 bridgehead atoms. The van der Waals surface area contributed by atoms with E-state index in [0.29, 0.717) is 0 Å². The van der Waals surface area contributed by atoms with Gasteiger partial charge in [0, 0.05) is 35.2 Å². The minimum atomic E-state index is 0.195. The van der Waals surface area contributed by atoms with Gasteiger partial charge in [-0.05, 0) is 34.1 Å². The van der Waals surface area contributed by atoms with Crippen LogP contribution in [0.5, 0.6) is 0 Å². The number of rotatable bonds is 3. The Morgan fingerprint density at radius 1 is 1.44 bits per heavy atom. The average Bonchev–Trinajstić information content (AvgIpc) is 2.70. The molecule has 0 aliphatic carbocycles. The first-order chi connectivity index (χ1) is 8.35. The molecular formula is C14H25N3S. The maximum absolute atomic E-state index is 4.61. The molecule has 1 aliphatic rings. The van der Waals surface area contributed by atoms with Gasteiger partial charge < -0.3 is 5.32 Å². The van der Waals surface area contributed by atoms with E-state index in [2.05, 4.69) is 55.2 Å². The maximum atomic E-state index is 4.61. The van der Waals surface area contributed by atoms with Gasteiger partial charge in [-0.1, -0.05) is 6.92 Å². The summed E-state index contributed by atoms with van der Waals surface area (Å²) in [6, 6.07) is 0. The van der Waals surface area contributed by atoms with Crippen LogP contribution in [0.1, 0.15) is 44.8 Å². The first kappa shape index (κ1) is 14.0. The van der Waals surface area contributed by atoms with Crippen molar-refractivity contribution >= 4 is 11.3 Å². The topological polar surface area (TPSA) is 28.2 Å². The number of aryl methyl sites for hydroxylation is 1. The lowest BCUT2D eigenvalue weighted by Gasteiger charge is -2.50. The van der Waals surface area contributed by atoms with Gasteiger partial charge >= 0.3 is 0 Å². The second-order valence-electron chi connectivity index (χ2n) is 6.33. The van der Waals surface area contributed by atoms with Crippen LogP contribution in [0, 0.1) is 6.92 Å².